The highest BCUT2D eigenvalue weighted by Gasteiger charge is 2.44. The lowest BCUT2D eigenvalue weighted by molar-refractivity contribution is -0.133. The molecule has 2 atom stereocenters. The number of benzene rings is 1. The number of Topliss-reactive ketones (excluding diaryl/α,β-unsaturated/α-hetero) is 2. The van der Waals surface area contributed by atoms with Gasteiger partial charge in [-0.1, -0.05) is 24.3 Å². The van der Waals surface area contributed by atoms with Crippen molar-refractivity contribution in [3.63, 3.8) is 0 Å². The minimum atomic E-state index is -1.02. The zero-order valence-electron chi connectivity index (χ0n) is 14.5. The Bertz CT molecular complexity index is 825. The van der Waals surface area contributed by atoms with Gasteiger partial charge in [-0.15, -0.1) is 0 Å². The van der Waals surface area contributed by atoms with Crippen LogP contribution >= 0.6 is 11.8 Å². The molecule has 0 saturated heterocycles. The molecule has 2 unspecified atom stereocenters. The van der Waals surface area contributed by atoms with Gasteiger partial charge in [0, 0.05) is 18.2 Å². The summed E-state index contributed by atoms with van der Waals surface area (Å²) in [6.45, 7) is 0.592. The Labute approximate surface area is 155 Å². The average Bonchev–Trinajstić information content (AvgIpc) is 2.68. The van der Waals surface area contributed by atoms with E-state index in [1.165, 1.54) is 7.11 Å². The Morgan fingerprint density at radius 2 is 1.92 bits per heavy atom. The zero-order chi connectivity index (χ0) is 18.7. The van der Waals surface area contributed by atoms with E-state index in [0.29, 0.717) is 12.1 Å². The van der Waals surface area contributed by atoms with Crippen LogP contribution in [0.2, 0.25) is 0 Å². The summed E-state index contributed by atoms with van der Waals surface area (Å²) in [4.78, 5) is 37.5. The van der Waals surface area contributed by atoms with Crippen molar-refractivity contribution in [1.29, 1.82) is 0 Å². The van der Waals surface area contributed by atoms with Crippen molar-refractivity contribution < 1.29 is 23.9 Å². The van der Waals surface area contributed by atoms with E-state index in [1.807, 2.05) is 12.2 Å². The first kappa shape index (κ1) is 18.8. The van der Waals surface area contributed by atoms with E-state index in [0.717, 1.165) is 12.2 Å². The van der Waals surface area contributed by atoms with Crippen LogP contribution in [0.1, 0.15) is 27.1 Å². The van der Waals surface area contributed by atoms with E-state index in [-0.39, 0.29) is 33.8 Å². The second-order valence-corrected chi connectivity index (χ2v) is 6.88. The summed E-state index contributed by atoms with van der Waals surface area (Å²) in [5.74, 6) is 2.01. The molecule has 26 heavy (non-hydrogen) atoms. The maximum Gasteiger partial charge on any atom is 0.195 e. The van der Waals surface area contributed by atoms with Gasteiger partial charge in [0.05, 0.1) is 16.7 Å². The predicted octanol–water partition coefficient (Wildman–Crippen LogP) is 1.79. The Hall–Kier alpha value is -2.02. The normalized spacial score (nSPS) is 22.2. The van der Waals surface area contributed by atoms with Crippen molar-refractivity contribution in [1.82, 2.24) is 5.32 Å². The van der Waals surface area contributed by atoms with Gasteiger partial charge in [-0.05, 0) is 25.0 Å². The first-order chi connectivity index (χ1) is 12.6. The van der Waals surface area contributed by atoms with Crippen LogP contribution in [0.25, 0.3) is 0 Å². The lowest BCUT2D eigenvalue weighted by Gasteiger charge is -2.35. The number of hydrogen-bond donors (Lipinski definition) is 1. The molecule has 0 radical (unpaired) electrons. The quantitative estimate of drug-likeness (QED) is 0.601. The molecular formula is C19H19NO5S. The van der Waals surface area contributed by atoms with E-state index in [9.17, 15) is 14.4 Å². The van der Waals surface area contributed by atoms with Crippen LogP contribution < -0.4 is 5.32 Å². The van der Waals surface area contributed by atoms with E-state index in [1.54, 1.807) is 36.0 Å². The molecule has 1 aromatic carbocycles. The van der Waals surface area contributed by atoms with Crippen LogP contribution in [0.4, 0.5) is 0 Å². The molecule has 1 N–H and O–H groups in total. The van der Waals surface area contributed by atoms with Gasteiger partial charge >= 0.3 is 0 Å². The molecule has 0 amide bonds. The molecule has 0 fully saturated rings. The molecule has 1 aliphatic heterocycles. The molecule has 7 heteroatoms. The molecule has 1 heterocycles. The van der Waals surface area contributed by atoms with E-state index < -0.39 is 12.5 Å². The molecule has 0 bridgehead atoms. The predicted molar refractivity (Wildman–Crippen MR) is 98.0 cm³/mol. The number of carbonyl (C=O) groups excluding carboxylic acids is 3. The van der Waals surface area contributed by atoms with Gasteiger partial charge in [-0.25, -0.2) is 4.79 Å². The SMILES string of the molecule is COC1OC(NCCCSC)C(=C=O)C2=C1C(=O)c1ccccc1C2=O. The number of rotatable bonds is 6. The number of fused-ring (bicyclic) bond motifs is 1. The van der Waals surface area contributed by atoms with Crippen molar-refractivity contribution in [2.24, 2.45) is 0 Å². The summed E-state index contributed by atoms with van der Waals surface area (Å²) >= 11 is 1.71. The maximum absolute atomic E-state index is 13.0. The first-order valence-corrected chi connectivity index (χ1v) is 9.62. The highest BCUT2D eigenvalue weighted by atomic mass is 32.2. The number of carbonyl (C=O) groups is 2. The molecule has 1 aliphatic carbocycles. The van der Waals surface area contributed by atoms with Gasteiger partial charge in [0.25, 0.3) is 0 Å². The van der Waals surface area contributed by atoms with Crippen LogP contribution in [-0.2, 0) is 14.3 Å². The van der Waals surface area contributed by atoms with Crippen molar-refractivity contribution >= 4 is 29.3 Å². The smallest absolute Gasteiger partial charge is 0.195 e. The third kappa shape index (κ3) is 3.20. The third-order valence-corrected chi connectivity index (χ3v) is 5.06. The second kappa shape index (κ2) is 8.12. The molecular weight excluding hydrogens is 354 g/mol. The minimum absolute atomic E-state index is 0.0188. The fraction of sp³-hybridized carbons (Fsp3) is 0.368. The van der Waals surface area contributed by atoms with E-state index >= 15 is 0 Å². The van der Waals surface area contributed by atoms with Gasteiger partial charge < -0.3 is 9.47 Å². The van der Waals surface area contributed by atoms with Crippen LogP contribution in [0, 0.1) is 0 Å². The van der Waals surface area contributed by atoms with E-state index in [2.05, 4.69) is 5.32 Å². The van der Waals surface area contributed by atoms with Crippen LogP contribution in [-0.4, -0.2) is 55.7 Å². The van der Waals surface area contributed by atoms with Gasteiger partial charge in [-0.3, -0.25) is 14.9 Å². The Morgan fingerprint density at radius 3 is 2.54 bits per heavy atom. The molecule has 6 nitrogen and oxygen atoms in total. The van der Waals surface area contributed by atoms with Crippen LogP contribution in [0.5, 0.6) is 0 Å². The largest absolute Gasteiger partial charge is 0.351 e. The number of ether oxygens (including phenoxy) is 2. The van der Waals surface area contributed by atoms with Gasteiger partial charge in [0.2, 0.25) is 0 Å². The standard InChI is InChI=1S/C19H19NO5S/c1-24-19-15-14(13(10-21)18(25-19)20-8-5-9-26-2)16(22)11-6-3-4-7-12(11)17(15)23/h3-4,6-7,18-20H,5,8-9H2,1-2H3. The number of thioether (sulfide) groups is 1. The maximum atomic E-state index is 13.0. The van der Waals surface area contributed by atoms with Crippen molar-refractivity contribution in [3.8, 4) is 0 Å². The number of methoxy groups -OCH3 is 1. The van der Waals surface area contributed by atoms with Gasteiger partial charge in [0.15, 0.2) is 17.9 Å². The minimum Gasteiger partial charge on any atom is -0.351 e. The highest BCUT2D eigenvalue weighted by Crippen LogP contribution is 2.37. The molecule has 136 valence electrons. The topological polar surface area (TPSA) is 81.7 Å². The molecule has 0 spiro atoms. The summed E-state index contributed by atoms with van der Waals surface area (Å²) < 4.78 is 11.1. The fourth-order valence-corrected chi connectivity index (χ4v) is 3.59. The molecule has 0 aromatic heterocycles. The Kier molecular flexibility index (Phi) is 5.86. The first-order valence-electron chi connectivity index (χ1n) is 8.22. The van der Waals surface area contributed by atoms with E-state index in [4.69, 9.17) is 9.47 Å². The summed E-state index contributed by atoms with van der Waals surface area (Å²) in [5, 5.41) is 3.10. The van der Waals surface area contributed by atoms with Crippen LogP contribution in [0.3, 0.4) is 0 Å². The Morgan fingerprint density at radius 1 is 1.23 bits per heavy atom. The summed E-state index contributed by atoms with van der Waals surface area (Å²) in [6, 6.07) is 6.54. The lowest BCUT2D eigenvalue weighted by Crippen LogP contribution is -2.47. The lowest BCUT2D eigenvalue weighted by atomic mass is 9.79. The van der Waals surface area contributed by atoms with Crippen LogP contribution in [0.15, 0.2) is 41.0 Å². The van der Waals surface area contributed by atoms with Crippen molar-refractivity contribution in [2.75, 3.05) is 25.7 Å². The summed E-state index contributed by atoms with van der Waals surface area (Å²) in [5.41, 5.74) is 0.701. The van der Waals surface area contributed by atoms with Gasteiger partial charge in [0.1, 0.15) is 12.2 Å². The Balaban J connectivity index is 2.02. The highest BCUT2D eigenvalue weighted by molar-refractivity contribution is 7.98. The third-order valence-electron chi connectivity index (χ3n) is 4.36. The molecule has 3 rings (SSSR count). The van der Waals surface area contributed by atoms with Crippen molar-refractivity contribution in [2.45, 2.75) is 18.9 Å². The monoisotopic (exact) mass is 373 g/mol. The molecule has 1 aromatic rings. The molecule has 2 aliphatic rings. The summed E-state index contributed by atoms with van der Waals surface area (Å²) in [7, 11) is 1.40. The fourth-order valence-electron chi connectivity index (χ4n) is 3.16. The number of nitrogens with one attached hydrogen (secondary N) is 1. The van der Waals surface area contributed by atoms with Crippen molar-refractivity contribution in [3.05, 3.63) is 52.1 Å². The number of ketones is 2. The second-order valence-electron chi connectivity index (χ2n) is 5.89. The number of hydrogen-bond acceptors (Lipinski definition) is 7. The van der Waals surface area contributed by atoms with Gasteiger partial charge in [-0.2, -0.15) is 11.8 Å². The molecule has 0 saturated carbocycles. The summed E-state index contributed by atoms with van der Waals surface area (Å²) in [6.07, 6.45) is 1.01. The average molecular weight is 373 g/mol. The zero-order valence-corrected chi connectivity index (χ0v) is 15.4.